The molecule has 2 aromatic carbocycles. The van der Waals surface area contributed by atoms with Crippen LogP contribution < -0.4 is 4.74 Å². The molecule has 21 heavy (non-hydrogen) atoms. The van der Waals surface area contributed by atoms with E-state index in [0.717, 1.165) is 11.1 Å². The first-order chi connectivity index (χ1) is 10.1. The SMILES string of the molecule is COc1cccc(C=NCC(O)c2ccccc2C)c1O. The standard InChI is InChI=1S/C17H19NO3/c1-12-6-3-4-8-14(12)15(19)11-18-10-13-7-5-9-16(21-2)17(13)20/h3-10,15,19-20H,11H2,1-2H3. The van der Waals surface area contributed by atoms with E-state index in [9.17, 15) is 10.2 Å². The minimum Gasteiger partial charge on any atom is -0.504 e. The molecule has 0 radical (unpaired) electrons. The van der Waals surface area contributed by atoms with Gasteiger partial charge in [0.05, 0.1) is 19.8 Å². The lowest BCUT2D eigenvalue weighted by Gasteiger charge is -2.11. The van der Waals surface area contributed by atoms with Crippen LogP contribution in [-0.2, 0) is 0 Å². The third kappa shape index (κ3) is 3.61. The van der Waals surface area contributed by atoms with E-state index in [-0.39, 0.29) is 12.3 Å². The first-order valence-corrected chi connectivity index (χ1v) is 6.73. The van der Waals surface area contributed by atoms with E-state index in [1.165, 1.54) is 7.11 Å². The van der Waals surface area contributed by atoms with Crippen molar-refractivity contribution in [3.8, 4) is 11.5 Å². The zero-order valence-corrected chi connectivity index (χ0v) is 12.2. The zero-order chi connectivity index (χ0) is 15.2. The molecular weight excluding hydrogens is 266 g/mol. The summed E-state index contributed by atoms with van der Waals surface area (Å²) < 4.78 is 5.04. The maximum Gasteiger partial charge on any atom is 0.166 e. The van der Waals surface area contributed by atoms with Crippen LogP contribution in [0, 0.1) is 6.92 Å². The van der Waals surface area contributed by atoms with E-state index in [4.69, 9.17) is 4.74 Å². The molecule has 0 saturated heterocycles. The Morgan fingerprint density at radius 3 is 2.67 bits per heavy atom. The molecule has 110 valence electrons. The summed E-state index contributed by atoms with van der Waals surface area (Å²) in [5.74, 6) is 0.451. The lowest BCUT2D eigenvalue weighted by atomic mass is 10.0. The molecule has 0 heterocycles. The molecule has 0 aliphatic carbocycles. The van der Waals surface area contributed by atoms with Crippen molar-refractivity contribution in [3.63, 3.8) is 0 Å². The molecule has 0 aliphatic heterocycles. The number of benzene rings is 2. The Labute approximate surface area is 124 Å². The van der Waals surface area contributed by atoms with Gasteiger partial charge in [-0.2, -0.15) is 0 Å². The van der Waals surface area contributed by atoms with Gasteiger partial charge in [0.15, 0.2) is 11.5 Å². The summed E-state index contributed by atoms with van der Waals surface area (Å²) in [6.45, 7) is 2.19. The second-order valence-electron chi connectivity index (χ2n) is 4.76. The highest BCUT2D eigenvalue weighted by molar-refractivity contribution is 5.84. The number of hydrogen-bond acceptors (Lipinski definition) is 4. The number of phenolic OH excluding ortho intramolecular Hbond substituents is 1. The van der Waals surface area contributed by atoms with Gasteiger partial charge in [-0.1, -0.05) is 30.3 Å². The number of aryl methyl sites for hydroxylation is 1. The number of rotatable bonds is 5. The number of phenols is 1. The molecular formula is C17H19NO3. The first kappa shape index (κ1) is 15.1. The van der Waals surface area contributed by atoms with E-state index < -0.39 is 6.10 Å². The number of aliphatic hydroxyl groups is 1. The van der Waals surface area contributed by atoms with Gasteiger partial charge in [0, 0.05) is 11.8 Å². The lowest BCUT2D eigenvalue weighted by molar-refractivity contribution is 0.187. The molecule has 0 aromatic heterocycles. The van der Waals surface area contributed by atoms with Gasteiger partial charge >= 0.3 is 0 Å². The van der Waals surface area contributed by atoms with Crippen molar-refractivity contribution in [3.05, 3.63) is 59.2 Å². The Balaban J connectivity index is 2.08. The van der Waals surface area contributed by atoms with E-state index in [2.05, 4.69) is 4.99 Å². The third-order valence-corrected chi connectivity index (χ3v) is 3.31. The Morgan fingerprint density at radius 1 is 1.19 bits per heavy atom. The van der Waals surface area contributed by atoms with Crippen molar-refractivity contribution in [2.24, 2.45) is 4.99 Å². The highest BCUT2D eigenvalue weighted by atomic mass is 16.5. The van der Waals surface area contributed by atoms with Crippen molar-refractivity contribution in [2.45, 2.75) is 13.0 Å². The molecule has 0 saturated carbocycles. The fraction of sp³-hybridized carbons (Fsp3) is 0.235. The van der Waals surface area contributed by atoms with Gasteiger partial charge in [-0.05, 0) is 30.2 Å². The Bertz CT molecular complexity index is 638. The summed E-state index contributed by atoms with van der Waals surface area (Å²) in [6, 6.07) is 12.9. The quantitative estimate of drug-likeness (QED) is 0.830. The summed E-state index contributed by atoms with van der Waals surface area (Å²) in [7, 11) is 1.50. The second-order valence-corrected chi connectivity index (χ2v) is 4.76. The van der Waals surface area contributed by atoms with Gasteiger partial charge in [-0.25, -0.2) is 0 Å². The number of hydrogen-bond donors (Lipinski definition) is 2. The molecule has 4 nitrogen and oxygen atoms in total. The fourth-order valence-corrected chi connectivity index (χ4v) is 2.12. The summed E-state index contributed by atoms with van der Waals surface area (Å²) in [6.07, 6.45) is 0.884. The minimum absolute atomic E-state index is 0.0501. The number of ether oxygens (including phenoxy) is 1. The first-order valence-electron chi connectivity index (χ1n) is 6.73. The molecule has 0 amide bonds. The number of aliphatic hydroxyl groups excluding tert-OH is 1. The van der Waals surface area contributed by atoms with Gasteiger partial charge in [0.25, 0.3) is 0 Å². The van der Waals surface area contributed by atoms with Crippen LogP contribution in [0.15, 0.2) is 47.5 Å². The van der Waals surface area contributed by atoms with Crippen molar-refractivity contribution >= 4 is 6.21 Å². The van der Waals surface area contributed by atoms with Crippen molar-refractivity contribution in [2.75, 3.05) is 13.7 Å². The molecule has 0 fully saturated rings. The average molecular weight is 285 g/mol. The van der Waals surface area contributed by atoms with Crippen LogP contribution in [0.2, 0.25) is 0 Å². The zero-order valence-electron chi connectivity index (χ0n) is 12.2. The highest BCUT2D eigenvalue weighted by Crippen LogP contribution is 2.28. The summed E-state index contributed by atoms with van der Waals surface area (Å²) in [5, 5.41) is 20.1. The molecule has 2 rings (SSSR count). The molecule has 2 N–H and O–H groups in total. The van der Waals surface area contributed by atoms with Crippen LogP contribution >= 0.6 is 0 Å². The van der Waals surface area contributed by atoms with Crippen LogP contribution in [-0.4, -0.2) is 30.1 Å². The topological polar surface area (TPSA) is 62.0 Å². The second kappa shape index (κ2) is 6.90. The van der Waals surface area contributed by atoms with Gasteiger partial charge in [-0.3, -0.25) is 4.99 Å². The minimum atomic E-state index is -0.657. The normalized spacial score (nSPS) is 12.5. The van der Waals surface area contributed by atoms with Crippen LogP contribution in [0.4, 0.5) is 0 Å². The van der Waals surface area contributed by atoms with Gasteiger partial charge in [0.2, 0.25) is 0 Å². The molecule has 1 atom stereocenters. The monoisotopic (exact) mass is 285 g/mol. The number of methoxy groups -OCH3 is 1. The Morgan fingerprint density at radius 2 is 1.95 bits per heavy atom. The largest absolute Gasteiger partial charge is 0.504 e. The number of para-hydroxylation sites is 1. The van der Waals surface area contributed by atoms with Crippen LogP contribution in [0.3, 0.4) is 0 Å². The maximum absolute atomic E-state index is 10.1. The van der Waals surface area contributed by atoms with Crippen LogP contribution in [0.25, 0.3) is 0 Å². The van der Waals surface area contributed by atoms with E-state index in [1.807, 2.05) is 31.2 Å². The molecule has 0 bridgehead atoms. The third-order valence-electron chi connectivity index (χ3n) is 3.31. The highest BCUT2D eigenvalue weighted by Gasteiger charge is 2.09. The van der Waals surface area contributed by atoms with Gasteiger partial charge < -0.3 is 14.9 Å². The van der Waals surface area contributed by atoms with Crippen molar-refractivity contribution in [1.82, 2.24) is 0 Å². The maximum atomic E-state index is 10.1. The van der Waals surface area contributed by atoms with E-state index >= 15 is 0 Å². The fourth-order valence-electron chi connectivity index (χ4n) is 2.12. The van der Waals surface area contributed by atoms with Crippen LogP contribution in [0.5, 0.6) is 11.5 Å². The van der Waals surface area contributed by atoms with Gasteiger partial charge in [0.1, 0.15) is 0 Å². The molecule has 4 heteroatoms. The predicted molar refractivity (Wildman–Crippen MR) is 83.3 cm³/mol. The summed E-state index contributed by atoms with van der Waals surface area (Å²) >= 11 is 0. The van der Waals surface area contributed by atoms with Gasteiger partial charge in [-0.15, -0.1) is 0 Å². The van der Waals surface area contributed by atoms with Crippen LogP contribution in [0.1, 0.15) is 22.8 Å². The Kier molecular flexibility index (Phi) is 4.95. The predicted octanol–water partition coefficient (Wildman–Crippen LogP) is 2.86. The van der Waals surface area contributed by atoms with E-state index in [0.29, 0.717) is 11.3 Å². The summed E-state index contributed by atoms with van der Waals surface area (Å²) in [5.41, 5.74) is 2.46. The number of aromatic hydroxyl groups is 1. The smallest absolute Gasteiger partial charge is 0.166 e. The molecule has 0 spiro atoms. The Hall–Kier alpha value is -2.33. The molecule has 2 aromatic rings. The van der Waals surface area contributed by atoms with Crippen molar-refractivity contribution in [1.29, 1.82) is 0 Å². The van der Waals surface area contributed by atoms with E-state index in [1.54, 1.807) is 24.4 Å². The average Bonchev–Trinajstić information content (AvgIpc) is 2.49. The molecule has 1 unspecified atom stereocenters. The number of nitrogens with zero attached hydrogens (tertiary/aromatic N) is 1. The lowest BCUT2D eigenvalue weighted by Crippen LogP contribution is -2.03. The summed E-state index contributed by atoms with van der Waals surface area (Å²) in [4.78, 5) is 4.20. The molecule has 0 aliphatic rings. The van der Waals surface area contributed by atoms with Crippen molar-refractivity contribution < 1.29 is 14.9 Å². The number of aliphatic imine (C=N–C) groups is 1.